The summed E-state index contributed by atoms with van der Waals surface area (Å²) in [6, 6.07) is 20.3. The van der Waals surface area contributed by atoms with E-state index in [0.717, 1.165) is 37.1 Å². The van der Waals surface area contributed by atoms with Crippen LogP contribution in [0.3, 0.4) is 0 Å². The minimum absolute atomic E-state index is 0.0548. The number of imidazole rings is 1. The molecule has 0 bridgehead atoms. The van der Waals surface area contributed by atoms with Gasteiger partial charge in [0.05, 0.1) is 6.20 Å². The van der Waals surface area contributed by atoms with Crippen molar-refractivity contribution in [1.82, 2.24) is 15.3 Å². The largest absolute Gasteiger partial charge is 0.444 e. The lowest BCUT2D eigenvalue weighted by molar-refractivity contribution is 0.0500. The molecule has 0 aliphatic carbocycles. The van der Waals surface area contributed by atoms with Crippen LogP contribution in [-0.4, -0.2) is 33.5 Å². The number of amides is 1. The summed E-state index contributed by atoms with van der Waals surface area (Å²) in [6.07, 6.45) is 4.89. The van der Waals surface area contributed by atoms with Gasteiger partial charge in [0.1, 0.15) is 17.1 Å². The predicted molar refractivity (Wildman–Crippen MR) is 150 cm³/mol. The number of benzene rings is 2. The second-order valence-corrected chi connectivity index (χ2v) is 10.5. The van der Waals surface area contributed by atoms with Crippen LogP contribution in [0.5, 0.6) is 0 Å². The summed E-state index contributed by atoms with van der Waals surface area (Å²) in [5.74, 6) is 1.05. The Morgan fingerprint density at radius 3 is 2.16 bits per heavy atom. The molecule has 3 aromatic rings. The van der Waals surface area contributed by atoms with E-state index in [1.807, 2.05) is 64.1 Å². The van der Waals surface area contributed by atoms with E-state index in [1.54, 1.807) is 6.20 Å². The Kier molecular flexibility index (Phi) is 12.1. The zero-order chi connectivity index (χ0) is 27.3. The molecule has 0 saturated carbocycles. The Labute approximate surface area is 222 Å². The number of hydrogen-bond donors (Lipinski definition) is 2. The van der Waals surface area contributed by atoms with Crippen molar-refractivity contribution < 1.29 is 14.3 Å². The number of ether oxygens (including phenoxy) is 1. The van der Waals surface area contributed by atoms with Gasteiger partial charge in [-0.1, -0.05) is 80.1 Å². The number of aromatic amines is 1. The number of nitrogens with zero attached hydrogens (tertiary/aromatic N) is 1. The number of carbonyl (C=O) groups excluding carboxylic acids is 2. The van der Waals surface area contributed by atoms with Crippen molar-refractivity contribution in [1.29, 1.82) is 0 Å². The van der Waals surface area contributed by atoms with Crippen molar-refractivity contribution in [2.75, 3.05) is 0 Å². The van der Waals surface area contributed by atoms with Gasteiger partial charge >= 0.3 is 6.09 Å². The fraction of sp³-hybridized carbons (Fsp3) is 0.452. The molecule has 6 heteroatoms. The quantitative estimate of drug-likeness (QED) is 0.281. The van der Waals surface area contributed by atoms with Gasteiger partial charge in [-0.05, 0) is 58.9 Å². The van der Waals surface area contributed by atoms with Crippen molar-refractivity contribution in [3.8, 4) is 0 Å². The van der Waals surface area contributed by atoms with Gasteiger partial charge in [-0.15, -0.1) is 0 Å². The number of rotatable bonds is 10. The van der Waals surface area contributed by atoms with E-state index in [2.05, 4.69) is 53.4 Å². The molecule has 0 aliphatic heterocycles. The average Bonchev–Trinajstić information content (AvgIpc) is 3.34. The average molecular weight is 506 g/mol. The number of aryl methyl sites for hydroxylation is 1. The first-order valence-electron chi connectivity index (χ1n) is 13.2. The second kappa shape index (κ2) is 15.0. The van der Waals surface area contributed by atoms with E-state index >= 15 is 0 Å². The molecule has 200 valence electrons. The minimum atomic E-state index is -0.537. The third-order valence-corrected chi connectivity index (χ3v) is 5.77. The van der Waals surface area contributed by atoms with Crippen LogP contribution in [0.15, 0.2) is 66.9 Å². The number of H-pyrrole nitrogens is 1. The standard InChI is InChI=1S/C24H35N3O3.C7H8/c1-6-10-21(28)20-16-25-22(27-20)17(2)13-14-19(15-18-11-8-7-9-12-18)26-23(29)30-24(3,4)5;1-7-5-3-2-4-6-7/h7-9,11-12,16-17,19H,6,10,13-15H2,1-5H3,(H,25,27)(H,26,29);2-6H,1H3/t17?,19-;/m1./s1. The molecule has 0 fully saturated rings. The van der Waals surface area contributed by atoms with Crippen LogP contribution < -0.4 is 5.32 Å². The van der Waals surface area contributed by atoms with Crippen molar-refractivity contribution in [2.24, 2.45) is 0 Å². The van der Waals surface area contributed by atoms with Gasteiger partial charge < -0.3 is 15.0 Å². The summed E-state index contributed by atoms with van der Waals surface area (Å²) in [6.45, 7) is 11.7. The highest BCUT2D eigenvalue weighted by Crippen LogP contribution is 2.21. The lowest BCUT2D eigenvalue weighted by Crippen LogP contribution is -2.40. The van der Waals surface area contributed by atoms with Crippen LogP contribution in [0.25, 0.3) is 0 Å². The summed E-state index contributed by atoms with van der Waals surface area (Å²) in [7, 11) is 0. The number of nitrogens with one attached hydrogen (secondary N) is 2. The molecule has 0 saturated heterocycles. The normalized spacial score (nSPS) is 12.6. The Balaban J connectivity index is 0.000000591. The third kappa shape index (κ3) is 11.9. The van der Waals surface area contributed by atoms with Crippen LogP contribution in [-0.2, 0) is 11.2 Å². The van der Waals surface area contributed by atoms with Crippen LogP contribution in [0.4, 0.5) is 4.79 Å². The molecular weight excluding hydrogens is 462 g/mol. The summed E-state index contributed by atoms with van der Waals surface area (Å²) in [5, 5.41) is 3.02. The van der Waals surface area contributed by atoms with E-state index in [0.29, 0.717) is 12.1 Å². The maximum absolute atomic E-state index is 12.3. The van der Waals surface area contributed by atoms with Gasteiger partial charge in [0, 0.05) is 18.4 Å². The molecule has 1 unspecified atom stereocenters. The van der Waals surface area contributed by atoms with Crippen molar-refractivity contribution in [3.05, 3.63) is 89.5 Å². The zero-order valence-electron chi connectivity index (χ0n) is 23.2. The van der Waals surface area contributed by atoms with Gasteiger partial charge in [0.15, 0.2) is 5.78 Å². The maximum atomic E-state index is 12.3. The van der Waals surface area contributed by atoms with Gasteiger partial charge in [-0.2, -0.15) is 0 Å². The summed E-state index contributed by atoms with van der Waals surface area (Å²) in [4.78, 5) is 31.9. The zero-order valence-corrected chi connectivity index (χ0v) is 23.2. The lowest BCUT2D eigenvalue weighted by Gasteiger charge is -2.24. The predicted octanol–water partition coefficient (Wildman–Crippen LogP) is 7.41. The highest BCUT2D eigenvalue weighted by Gasteiger charge is 2.21. The molecule has 2 atom stereocenters. The monoisotopic (exact) mass is 505 g/mol. The Hall–Kier alpha value is -3.41. The van der Waals surface area contributed by atoms with Crippen molar-refractivity contribution >= 4 is 11.9 Å². The highest BCUT2D eigenvalue weighted by atomic mass is 16.6. The van der Waals surface area contributed by atoms with Gasteiger partial charge in [0.25, 0.3) is 0 Å². The van der Waals surface area contributed by atoms with Gasteiger partial charge in [-0.25, -0.2) is 9.78 Å². The molecule has 1 aromatic heterocycles. The topological polar surface area (TPSA) is 84.1 Å². The van der Waals surface area contributed by atoms with Crippen molar-refractivity contribution in [2.45, 2.75) is 91.2 Å². The number of aromatic nitrogens is 2. The number of carbonyl (C=O) groups is 2. The number of alkyl carbamates (subject to hydrolysis) is 1. The molecule has 1 heterocycles. The fourth-order valence-electron chi connectivity index (χ4n) is 3.81. The van der Waals surface area contributed by atoms with Crippen molar-refractivity contribution in [3.63, 3.8) is 0 Å². The lowest BCUT2D eigenvalue weighted by atomic mass is 9.96. The first-order chi connectivity index (χ1) is 17.6. The summed E-state index contributed by atoms with van der Waals surface area (Å²) < 4.78 is 5.44. The first-order valence-corrected chi connectivity index (χ1v) is 13.2. The number of Topliss-reactive ketones (excluding diaryl/α,β-unsaturated/α-hetero) is 1. The SMILES string of the molecule is CCCC(=O)c1cnc(C(C)CC[C@H](Cc2ccccc2)NC(=O)OC(C)(C)C)[nH]1.Cc1ccccc1. The molecule has 2 aromatic carbocycles. The smallest absolute Gasteiger partial charge is 0.407 e. The Morgan fingerprint density at radius 1 is 1.00 bits per heavy atom. The molecule has 3 rings (SSSR count). The summed E-state index contributed by atoms with van der Waals surface area (Å²) >= 11 is 0. The van der Waals surface area contributed by atoms with Crippen LogP contribution in [0.2, 0.25) is 0 Å². The molecule has 1 amide bonds. The van der Waals surface area contributed by atoms with E-state index in [1.165, 1.54) is 5.56 Å². The Bertz CT molecular complexity index is 1070. The molecular formula is C31H43N3O3. The van der Waals surface area contributed by atoms with E-state index in [-0.39, 0.29) is 17.7 Å². The molecule has 0 radical (unpaired) electrons. The van der Waals surface area contributed by atoms with Crippen LogP contribution >= 0.6 is 0 Å². The van der Waals surface area contributed by atoms with E-state index in [9.17, 15) is 9.59 Å². The third-order valence-electron chi connectivity index (χ3n) is 5.77. The minimum Gasteiger partial charge on any atom is -0.444 e. The summed E-state index contributed by atoms with van der Waals surface area (Å²) in [5.41, 5.74) is 2.52. The van der Waals surface area contributed by atoms with Crippen LogP contribution in [0, 0.1) is 6.92 Å². The fourth-order valence-corrected chi connectivity index (χ4v) is 3.81. The molecule has 6 nitrogen and oxygen atoms in total. The highest BCUT2D eigenvalue weighted by molar-refractivity contribution is 5.94. The number of hydrogen-bond acceptors (Lipinski definition) is 4. The molecule has 2 N–H and O–H groups in total. The second-order valence-electron chi connectivity index (χ2n) is 10.5. The Morgan fingerprint density at radius 2 is 1.62 bits per heavy atom. The molecule has 37 heavy (non-hydrogen) atoms. The first kappa shape index (κ1) is 29.8. The number of ketones is 1. The van der Waals surface area contributed by atoms with Gasteiger partial charge in [-0.3, -0.25) is 4.79 Å². The maximum Gasteiger partial charge on any atom is 0.407 e. The van der Waals surface area contributed by atoms with E-state index < -0.39 is 11.7 Å². The van der Waals surface area contributed by atoms with Crippen LogP contribution in [0.1, 0.15) is 93.7 Å². The van der Waals surface area contributed by atoms with Gasteiger partial charge in [0.2, 0.25) is 0 Å². The molecule has 0 aliphatic rings. The molecule has 0 spiro atoms. The van der Waals surface area contributed by atoms with E-state index in [4.69, 9.17) is 4.74 Å².